The molecule has 1 aromatic carbocycles. The first kappa shape index (κ1) is 16.0. The van der Waals surface area contributed by atoms with Gasteiger partial charge in [0.05, 0.1) is 13.2 Å². The number of benzene rings is 1. The van der Waals surface area contributed by atoms with Gasteiger partial charge in [-0.3, -0.25) is 0 Å². The van der Waals surface area contributed by atoms with Crippen molar-refractivity contribution in [3.05, 3.63) is 42.5 Å². The van der Waals surface area contributed by atoms with Gasteiger partial charge in [0, 0.05) is 18.7 Å². The highest BCUT2D eigenvalue weighted by molar-refractivity contribution is 5.74. The number of amides is 2. The number of nitrogens with zero attached hydrogens (tertiary/aromatic N) is 1. The number of carbonyl (C=O) groups is 1. The Morgan fingerprint density at radius 2 is 2.10 bits per heavy atom. The van der Waals surface area contributed by atoms with E-state index in [-0.39, 0.29) is 12.1 Å². The Balaban J connectivity index is 2.74. The van der Waals surface area contributed by atoms with Gasteiger partial charge in [-0.1, -0.05) is 24.3 Å². The third kappa shape index (κ3) is 4.59. The minimum absolute atomic E-state index is 0.0423. The molecule has 1 unspecified atom stereocenters. The SMILES string of the molecule is C=CCNC(=O)NCC(c1ccccc1OC)N(C)C. The monoisotopic (exact) mass is 277 g/mol. The molecule has 1 rings (SSSR count). The third-order valence-electron chi connectivity index (χ3n) is 2.98. The van der Waals surface area contributed by atoms with Crippen LogP contribution < -0.4 is 15.4 Å². The fraction of sp³-hybridized carbons (Fsp3) is 0.400. The van der Waals surface area contributed by atoms with Crippen molar-refractivity contribution in [3.63, 3.8) is 0 Å². The summed E-state index contributed by atoms with van der Waals surface area (Å²) in [7, 11) is 5.59. The Kier molecular flexibility index (Phi) is 6.59. The molecular formula is C15H23N3O2. The molecule has 110 valence electrons. The van der Waals surface area contributed by atoms with Gasteiger partial charge < -0.3 is 20.3 Å². The number of para-hydroxylation sites is 1. The molecule has 5 heteroatoms. The predicted molar refractivity (Wildman–Crippen MR) is 81.0 cm³/mol. The molecule has 0 aromatic heterocycles. The molecule has 0 radical (unpaired) electrons. The Bertz CT molecular complexity index is 446. The van der Waals surface area contributed by atoms with Crippen LogP contribution in [0.4, 0.5) is 4.79 Å². The van der Waals surface area contributed by atoms with Crippen LogP contribution in [-0.2, 0) is 0 Å². The molecule has 2 N–H and O–H groups in total. The number of nitrogens with one attached hydrogen (secondary N) is 2. The van der Waals surface area contributed by atoms with E-state index < -0.39 is 0 Å². The topological polar surface area (TPSA) is 53.6 Å². The molecule has 5 nitrogen and oxygen atoms in total. The zero-order valence-corrected chi connectivity index (χ0v) is 12.3. The first-order chi connectivity index (χ1) is 9.60. The summed E-state index contributed by atoms with van der Waals surface area (Å²) in [4.78, 5) is 13.6. The van der Waals surface area contributed by atoms with Crippen molar-refractivity contribution in [1.82, 2.24) is 15.5 Å². The summed E-state index contributed by atoms with van der Waals surface area (Å²) in [6, 6.07) is 7.66. The van der Waals surface area contributed by atoms with E-state index >= 15 is 0 Å². The van der Waals surface area contributed by atoms with Gasteiger partial charge in [0.2, 0.25) is 0 Å². The molecule has 2 amide bonds. The van der Waals surface area contributed by atoms with Crippen molar-refractivity contribution < 1.29 is 9.53 Å². The van der Waals surface area contributed by atoms with Crippen molar-refractivity contribution in [2.75, 3.05) is 34.3 Å². The number of carbonyl (C=O) groups excluding carboxylic acids is 1. The average molecular weight is 277 g/mol. The molecule has 0 bridgehead atoms. The molecule has 0 saturated heterocycles. The van der Waals surface area contributed by atoms with Crippen molar-refractivity contribution in [2.45, 2.75) is 6.04 Å². The summed E-state index contributed by atoms with van der Waals surface area (Å²) in [5, 5.41) is 5.54. The normalized spacial score (nSPS) is 11.8. The van der Waals surface area contributed by atoms with Gasteiger partial charge in [0.1, 0.15) is 5.75 Å². The molecule has 0 spiro atoms. The fourth-order valence-corrected chi connectivity index (χ4v) is 1.93. The van der Waals surface area contributed by atoms with Crippen molar-refractivity contribution in [3.8, 4) is 5.75 Å². The standard InChI is InChI=1S/C15H23N3O2/c1-5-10-16-15(19)17-11-13(18(2)3)12-8-6-7-9-14(12)20-4/h5-9,13H,1,10-11H2,2-4H3,(H2,16,17,19). The summed E-state index contributed by atoms with van der Waals surface area (Å²) in [5.41, 5.74) is 1.05. The highest BCUT2D eigenvalue weighted by atomic mass is 16.5. The maximum absolute atomic E-state index is 11.6. The van der Waals surface area contributed by atoms with Gasteiger partial charge in [0.25, 0.3) is 0 Å². The molecule has 0 saturated carbocycles. The lowest BCUT2D eigenvalue weighted by Crippen LogP contribution is -2.40. The molecule has 0 fully saturated rings. The highest BCUT2D eigenvalue weighted by Gasteiger charge is 2.18. The molecule has 1 atom stereocenters. The summed E-state index contributed by atoms with van der Waals surface area (Å²) >= 11 is 0. The Labute approximate surface area is 120 Å². The number of rotatable bonds is 7. The number of ether oxygens (including phenoxy) is 1. The lowest BCUT2D eigenvalue weighted by atomic mass is 10.0. The van der Waals surface area contributed by atoms with Crippen LogP contribution in [0.15, 0.2) is 36.9 Å². The molecular weight excluding hydrogens is 254 g/mol. The van der Waals surface area contributed by atoms with Crippen LogP contribution in [0.25, 0.3) is 0 Å². The molecule has 0 aliphatic heterocycles. The van der Waals surface area contributed by atoms with Crippen molar-refractivity contribution in [2.24, 2.45) is 0 Å². The lowest BCUT2D eigenvalue weighted by molar-refractivity contribution is 0.232. The van der Waals surface area contributed by atoms with Crippen LogP contribution in [0.5, 0.6) is 5.75 Å². The van der Waals surface area contributed by atoms with Crippen LogP contribution in [-0.4, -0.2) is 45.2 Å². The van der Waals surface area contributed by atoms with Crippen LogP contribution in [0.3, 0.4) is 0 Å². The maximum atomic E-state index is 11.6. The zero-order chi connectivity index (χ0) is 15.0. The predicted octanol–water partition coefficient (Wildman–Crippen LogP) is 1.78. The number of likely N-dealkylation sites (N-methyl/N-ethyl adjacent to an activating group) is 1. The maximum Gasteiger partial charge on any atom is 0.315 e. The molecule has 0 aliphatic rings. The van der Waals surface area contributed by atoms with Crippen LogP contribution in [0, 0.1) is 0 Å². The summed E-state index contributed by atoms with van der Waals surface area (Å²) in [5.74, 6) is 0.819. The van der Waals surface area contributed by atoms with E-state index in [1.165, 1.54) is 0 Å². The second-order valence-corrected chi connectivity index (χ2v) is 4.60. The number of hydrogen-bond acceptors (Lipinski definition) is 3. The Hall–Kier alpha value is -2.01. The van der Waals surface area contributed by atoms with E-state index in [0.717, 1.165) is 11.3 Å². The van der Waals surface area contributed by atoms with Crippen LogP contribution in [0.2, 0.25) is 0 Å². The van der Waals surface area contributed by atoms with Gasteiger partial charge >= 0.3 is 6.03 Å². The quantitative estimate of drug-likeness (QED) is 0.747. The molecule has 1 aromatic rings. The highest BCUT2D eigenvalue weighted by Crippen LogP contribution is 2.27. The summed E-state index contributed by atoms with van der Waals surface area (Å²) in [6.45, 7) is 4.51. The van der Waals surface area contributed by atoms with Gasteiger partial charge in [0.15, 0.2) is 0 Å². The van der Waals surface area contributed by atoms with E-state index in [9.17, 15) is 4.79 Å². The van der Waals surface area contributed by atoms with Crippen molar-refractivity contribution >= 4 is 6.03 Å². The van der Waals surface area contributed by atoms with Gasteiger partial charge in [-0.2, -0.15) is 0 Å². The number of methoxy groups -OCH3 is 1. The van der Waals surface area contributed by atoms with Crippen LogP contribution >= 0.6 is 0 Å². The van der Waals surface area contributed by atoms with Gasteiger partial charge in [-0.25, -0.2) is 4.79 Å². The largest absolute Gasteiger partial charge is 0.496 e. The molecule has 0 aliphatic carbocycles. The minimum atomic E-state index is -0.202. The first-order valence-electron chi connectivity index (χ1n) is 6.52. The van der Waals surface area contributed by atoms with E-state index in [4.69, 9.17) is 4.74 Å². The second-order valence-electron chi connectivity index (χ2n) is 4.60. The molecule has 0 heterocycles. The Morgan fingerprint density at radius 1 is 1.40 bits per heavy atom. The van der Waals surface area contributed by atoms with E-state index in [2.05, 4.69) is 17.2 Å². The summed E-state index contributed by atoms with van der Waals surface area (Å²) < 4.78 is 5.38. The molecule has 20 heavy (non-hydrogen) atoms. The van der Waals surface area contributed by atoms with Crippen LogP contribution in [0.1, 0.15) is 11.6 Å². The van der Waals surface area contributed by atoms with E-state index in [1.54, 1.807) is 13.2 Å². The number of hydrogen-bond donors (Lipinski definition) is 2. The second kappa shape index (κ2) is 8.22. The first-order valence-corrected chi connectivity index (χ1v) is 6.52. The fourth-order valence-electron chi connectivity index (χ4n) is 1.93. The lowest BCUT2D eigenvalue weighted by Gasteiger charge is -2.26. The minimum Gasteiger partial charge on any atom is -0.496 e. The van der Waals surface area contributed by atoms with Gasteiger partial charge in [-0.15, -0.1) is 6.58 Å². The van der Waals surface area contributed by atoms with E-state index in [0.29, 0.717) is 13.1 Å². The zero-order valence-electron chi connectivity index (χ0n) is 12.3. The van der Waals surface area contributed by atoms with E-state index in [1.807, 2.05) is 43.3 Å². The smallest absolute Gasteiger partial charge is 0.315 e. The average Bonchev–Trinajstić information content (AvgIpc) is 2.45. The van der Waals surface area contributed by atoms with Crippen molar-refractivity contribution in [1.29, 1.82) is 0 Å². The third-order valence-corrected chi connectivity index (χ3v) is 2.98. The van der Waals surface area contributed by atoms with Gasteiger partial charge in [-0.05, 0) is 20.2 Å². The number of urea groups is 1. The Morgan fingerprint density at radius 3 is 2.70 bits per heavy atom. The summed E-state index contributed by atoms with van der Waals surface area (Å²) in [6.07, 6.45) is 1.64.